The fourth-order valence-electron chi connectivity index (χ4n) is 7.63. The molecule has 1 fully saturated rings. The van der Waals surface area contributed by atoms with E-state index in [4.69, 9.17) is 14.2 Å². The van der Waals surface area contributed by atoms with Crippen molar-refractivity contribution < 1.29 is 92.6 Å². The lowest BCUT2D eigenvalue weighted by molar-refractivity contribution is -0.226. The third kappa shape index (κ3) is 6.69. The maximum atomic E-state index is 12.2. The van der Waals surface area contributed by atoms with Crippen molar-refractivity contribution in [3.63, 3.8) is 0 Å². The van der Waals surface area contributed by atoms with Gasteiger partial charge in [-0.2, -0.15) is 8.42 Å². The van der Waals surface area contributed by atoms with Gasteiger partial charge in [-0.1, -0.05) is 18.2 Å². The average molecular weight is 805 g/mol. The van der Waals surface area contributed by atoms with Gasteiger partial charge in [0.1, 0.15) is 83.0 Å². The Morgan fingerprint density at radius 3 is 1.91 bits per heavy atom. The van der Waals surface area contributed by atoms with Crippen molar-refractivity contribution >= 4 is 10.4 Å². The number of fused-ring (bicyclic) bond motifs is 2. The molecule has 4 aromatic carbocycles. The summed E-state index contributed by atoms with van der Waals surface area (Å²) >= 11 is 0. The van der Waals surface area contributed by atoms with Crippen LogP contribution in [0.2, 0.25) is 0 Å². The fraction of sp³-hybridized carbons (Fsp3) is 0.333. The molecule has 0 aliphatic carbocycles. The normalized spacial score (nSPS) is 28.8. The number of aliphatic hydroxyl groups is 5. The van der Waals surface area contributed by atoms with Gasteiger partial charge < -0.3 is 75.5 Å². The molecule has 10 unspecified atom stereocenters. The Hall–Kier alpha value is -5.29. The van der Waals surface area contributed by atoms with Crippen LogP contribution < -0.4 is 9.47 Å². The van der Waals surface area contributed by atoms with Gasteiger partial charge in [-0.3, -0.25) is 4.55 Å². The third-order valence-electron chi connectivity index (χ3n) is 10.1. The van der Waals surface area contributed by atoms with Crippen LogP contribution in [0.15, 0.2) is 54.6 Å². The van der Waals surface area contributed by atoms with Crippen molar-refractivity contribution in [1.29, 1.82) is 0 Å². The van der Waals surface area contributed by atoms with Gasteiger partial charge in [-0.05, 0) is 35.4 Å². The van der Waals surface area contributed by atoms with Gasteiger partial charge in [-0.15, -0.1) is 0 Å². The van der Waals surface area contributed by atoms with Crippen LogP contribution in [0.4, 0.5) is 0 Å². The minimum absolute atomic E-state index is 0.0676. The number of aliphatic hydroxyl groups excluding tert-OH is 5. The Kier molecular flexibility index (Phi) is 9.97. The van der Waals surface area contributed by atoms with Crippen LogP contribution >= 0.6 is 0 Å². The maximum absolute atomic E-state index is 12.2. The molecule has 4 aromatic rings. The van der Waals surface area contributed by atoms with E-state index >= 15 is 0 Å². The van der Waals surface area contributed by atoms with Crippen molar-refractivity contribution in [2.45, 2.75) is 67.3 Å². The summed E-state index contributed by atoms with van der Waals surface area (Å²) in [4.78, 5) is 0. The molecule has 20 heteroatoms. The summed E-state index contributed by atoms with van der Waals surface area (Å²) in [6, 6.07) is 10.6. The molecule has 13 N–H and O–H groups in total. The quantitative estimate of drug-likeness (QED) is 0.0900. The van der Waals surface area contributed by atoms with E-state index in [0.29, 0.717) is 0 Å². The highest BCUT2D eigenvalue weighted by atomic mass is 32.3. The molecule has 10 atom stereocenters. The molecule has 56 heavy (non-hydrogen) atoms. The first-order valence-electron chi connectivity index (χ1n) is 16.8. The number of hydrogen-bond acceptors (Lipinski definition) is 18. The zero-order valence-electron chi connectivity index (χ0n) is 28.6. The molecule has 0 saturated carbocycles. The second kappa shape index (κ2) is 14.3. The largest absolute Gasteiger partial charge is 0.508 e. The van der Waals surface area contributed by atoms with Gasteiger partial charge in [0, 0.05) is 35.2 Å². The van der Waals surface area contributed by atoms with Gasteiger partial charge in [-0.25, -0.2) is 4.18 Å². The number of phenols is 7. The smallest absolute Gasteiger partial charge is 0.397 e. The van der Waals surface area contributed by atoms with E-state index in [2.05, 4.69) is 4.18 Å². The lowest BCUT2D eigenvalue weighted by Crippen LogP contribution is -2.57. The summed E-state index contributed by atoms with van der Waals surface area (Å²) in [5.74, 6) is -6.74. The van der Waals surface area contributed by atoms with E-state index in [1.54, 1.807) is 0 Å². The Labute approximate surface area is 316 Å². The number of rotatable bonds is 7. The minimum atomic E-state index is -5.27. The highest BCUT2D eigenvalue weighted by Gasteiger charge is 2.52. The van der Waals surface area contributed by atoms with Crippen LogP contribution in [0.25, 0.3) is 0 Å². The molecular weight excluding hydrogens is 768 g/mol. The highest BCUT2D eigenvalue weighted by molar-refractivity contribution is 7.80. The summed E-state index contributed by atoms with van der Waals surface area (Å²) in [5, 5.41) is 132. The average Bonchev–Trinajstić information content (AvgIpc) is 3.12. The van der Waals surface area contributed by atoms with E-state index in [1.807, 2.05) is 0 Å². The van der Waals surface area contributed by atoms with Gasteiger partial charge in [0.2, 0.25) is 0 Å². The first-order chi connectivity index (χ1) is 26.4. The molecule has 0 spiro atoms. The summed E-state index contributed by atoms with van der Waals surface area (Å²) < 4.78 is 55.0. The minimum Gasteiger partial charge on any atom is -0.508 e. The summed E-state index contributed by atoms with van der Waals surface area (Å²) in [7, 11) is -5.27. The summed E-state index contributed by atoms with van der Waals surface area (Å²) in [5.41, 5.74) is -1.09. The number of benzene rings is 4. The molecule has 0 amide bonds. The Balaban J connectivity index is 1.45. The first kappa shape index (κ1) is 39.0. The summed E-state index contributed by atoms with van der Waals surface area (Å²) in [6.45, 7) is -1.06. The van der Waals surface area contributed by atoms with Gasteiger partial charge in [0.15, 0.2) is 17.6 Å². The van der Waals surface area contributed by atoms with E-state index in [0.717, 1.165) is 24.3 Å². The standard InChI is InChI=1S/C36H36O19S/c37-11-23-34(55-56(49,50)51)29(47)30(48)36(52-23)26-21(44)10-20(43)25-27(28(46)32(54-35(25)26)12-2-1-3-14(38)6-12)24-19(42)9-17(40)15-8-22(45)31(53-33(15)24)13-4-5-16(39)18(41)7-13/h1-7,9-10,22-23,27-32,34,36-48H,8,11H2,(H,49,50,51). The predicted octanol–water partition coefficient (Wildman–Crippen LogP) is 0.631. The molecule has 1 saturated heterocycles. The van der Waals surface area contributed by atoms with E-state index in [1.165, 1.54) is 30.3 Å². The van der Waals surface area contributed by atoms with Gasteiger partial charge in [0.05, 0.1) is 24.2 Å². The Morgan fingerprint density at radius 1 is 0.643 bits per heavy atom. The van der Waals surface area contributed by atoms with Crippen LogP contribution in [0, 0.1) is 0 Å². The van der Waals surface area contributed by atoms with E-state index in [-0.39, 0.29) is 40.2 Å². The Bertz CT molecular complexity index is 2280. The summed E-state index contributed by atoms with van der Waals surface area (Å²) in [6.07, 6.45) is -16.7. The molecule has 19 nitrogen and oxygen atoms in total. The van der Waals surface area contributed by atoms with Crippen molar-refractivity contribution in [3.05, 3.63) is 88.0 Å². The second-order valence-electron chi connectivity index (χ2n) is 13.6. The predicted molar refractivity (Wildman–Crippen MR) is 185 cm³/mol. The van der Waals surface area contributed by atoms with Crippen molar-refractivity contribution in [3.8, 4) is 51.7 Å². The lowest BCUT2D eigenvalue weighted by Gasteiger charge is -2.44. The number of aromatic hydroxyl groups is 7. The Morgan fingerprint density at radius 2 is 1.27 bits per heavy atom. The van der Waals surface area contributed by atoms with Crippen LogP contribution in [0.5, 0.6) is 51.7 Å². The highest BCUT2D eigenvalue weighted by Crippen LogP contribution is 2.60. The lowest BCUT2D eigenvalue weighted by atomic mass is 9.76. The zero-order valence-corrected chi connectivity index (χ0v) is 29.4. The third-order valence-corrected chi connectivity index (χ3v) is 10.6. The van der Waals surface area contributed by atoms with Gasteiger partial charge >= 0.3 is 10.4 Å². The molecule has 3 aliphatic heterocycles. The van der Waals surface area contributed by atoms with Crippen molar-refractivity contribution in [2.75, 3.05) is 6.61 Å². The molecule has 0 radical (unpaired) electrons. The van der Waals surface area contributed by atoms with Gasteiger partial charge in [0.25, 0.3) is 0 Å². The van der Waals surface area contributed by atoms with Crippen LogP contribution in [0.3, 0.4) is 0 Å². The monoisotopic (exact) mass is 804 g/mol. The molecule has 0 bridgehead atoms. The molecule has 7 rings (SSSR count). The van der Waals surface area contributed by atoms with E-state index in [9.17, 15) is 74.2 Å². The van der Waals surface area contributed by atoms with Crippen LogP contribution in [-0.4, -0.2) is 117 Å². The topological polar surface area (TPSA) is 334 Å². The van der Waals surface area contributed by atoms with Crippen molar-refractivity contribution in [2.24, 2.45) is 0 Å². The SMILES string of the molecule is O=S(=O)(O)OC1C(CO)OC(c2c(O)cc(O)c3c2OC(c2cccc(O)c2)C(O)C3c2c(O)cc(O)c3c2OC(c2ccc(O)c(O)c2)C(O)C3)C(O)C1O. The molecule has 0 aromatic heterocycles. The van der Waals surface area contributed by atoms with Crippen LogP contribution in [0.1, 0.15) is 57.6 Å². The molecule has 3 heterocycles. The second-order valence-corrected chi connectivity index (χ2v) is 14.7. The molecular formula is C36H36O19S. The number of hydrogen-bond donors (Lipinski definition) is 13. The first-order valence-corrected chi connectivity index (χ1v) is 18.2. The number of ether oxygens (including phenoxy) is 3. The fourth-order valence-corrected chi connectivity index (χ4v) is 8.14. The number of phenolic OH excluding ortho intramolecular Hbond substituents is 7. The van der Waals surface area contributed by atoms with Crippen LogP contribution in [-0.2, 0) is 25.7 Å². The molecule has 3 aliphatic rings. The molecule has 300 valence electrons. The van der Waals surface area contributed by atoms with Crippen molar-refractivity contribution in [1.82, 2.24) is 0 Å². The maximum Gasteiger partial charge on any atom is 0.397 e. The van der Waals surface area contributed by atoms with E-state index < -0.39 is 129 Å². The zero-order chi connectivity index (χ0) is 40.5.